The van der Waals surface area contributed by atoms with Crippen LogP contribution in [0, 0.1) is 12.7 Å². The van der Waals surface area contributed by atoms with Gasteiger partial charge in [0.1, 0.15) is 5.82 Å². The van der Waals surface area contributed by atoms with Gasteiger partial charge in [0.05, 0.1) is 4.90 Å². The standard InChI is InChI=1S/C20H25FN2O2S/c1-17-7-2-5-11-20(17)26(24,25)23-15-13-22(14-16-23)12-6-9-18-8-3-4-10-19(18)21/h2-5,7-8,10-11H,6,9,12-16H2,1H3. The summed E-state index contributed by atoms with van der Waals surface area (Å²) in [5, 5.41) is 0. The molecule has 0 unspecified atom stereocenters. The lowest BCUT2D eigenvalue weighted by Crippen LogP contribution is -2.48. The van der Waals surface area contributed by atoms with E-state index in [1.165, 1.54) is 6.07 Å². The summed E-state index contributed by atoms with van der Waals surface area (Å²) < 4.78 is 40.9. The number of sulfonamides is 1. The van der Waals surface area contributed by atoms with Crippen LogP contribution in [0.2, 0.25) is 0 Å². The molecule has 1 saturated heterocycles. The summed E-state index contributed by atoms with van der Waals surface area (Å²) >= 11 is 0. The van der Waals surface area contributed by atoms with Crippen LogP contribution in [-0.2, 0) is 16.4 Å². The number of piperazine rings is 1. The van der Waals surface area contributed by atoms with E-state index in [4.69, 9.17) is 0 Å². The van der Waals surface area contributed by atoms with E-state index >= 15 is 0 Å². The fourth-order valence-corrected chi connectivity index (χ4v) is 5.02. The maximum Gasteiger partial charge on any atom is 0.243 e. The molecular formula is C20H25FN2O2S. The first kappa shape index (κ1) is 19.0. The molecule has 140 valence electrons. The maximum atomic E-state index is 13.6. The van der Waals surface area contributed by atoms with Crippen molar-refractivity contribution >= 4 is 10.0 Å². The predicted molar refractivity (Wildman–Crippen MR) is 101 cm³/mol. The zero-order valence-electron chi connectivity index (χ0n) is 15.1. The Morgan fingerprint density at radius 2 is 1.62 bits per heavy atom. The summed E-state index contributed by atoms with van der Waals surface area (Å²) in [6.07, 6.45) is 1.57. The van der Waals surface area contributed by atoms with Crippen LogP contribution in [0.25, 0.3) is 0 Å². The van der Waals surface area contributed by atoms with Gasteiger partial charge >= 0.3 is 0 Å². The van der Waals surface area contributed by atoms with Crippen LogP contribution in [0.1, 0.15) is 17.5 Å². The minimum absolute atomic E-state index is 0.151. The molecule has 26 heavy (non-hydrogen) atoms. The molecule has 4 nitrogen and oxygen atoms in total. The topological polar surface area (TPSA) is 40.6 Å². The maximum absolute atomic E-state index is 13.6. The minimum Gasteiger partial charge on any atom is -0.301 e. The van der Waals surface area contributed by atoms with Gasteiger partial charge in [0, 0.05) is 26.2 Å². The summed E-state index contributed by atoms with van der Waals surface area (Å²) in [6, 6.07) is 14.0. The van der Waals surface area contributed by atoms with E-state index in [2.05, 4.69) is 4.90 Å². The van der Waals surface area contributed by atoms with Crippen LogP contribution in [-0.4, -0.2) is 50.3 Å². The third kappa shape index (κ3) is 4.31. The first-order valence-electron chi connectivity index (χ1n) is 9.00. The highest BCUT2D eigenvalue weighted by Gasteiger charge is 2.29. The van der Waals surface area contributed by atoms with Gasteiger partial charge in [-0.05, 0) is 49.6 Å². The first-order chi connectivity index (χ1) is 12.5. The smallest absolute Gasteiger partial charge is 0.243 e. The van der Waals surface area contributed by atoms with Crippen LogP contribution >= 0.6 is 0 Å². The van der Waals surface area contributed by atoms with Gasteiger partial charge in [0.25, 0.3) is 0 Å². The molecular weight excluding hydrogens is 351 g/mol. The Labute approximate surface area is 155 Å². The Hall–Kier alpha value is -1.76. The van der Waals surface area contributed by atoms with Crippen molar-refractivity contribution in [3.63, 3.8) is 0 Å². The molecule has 3 rings (SSSR count). The molecule has 0 N–H and O–H groups in total. The molecule has 2 aromatic rings. The van der Waals surface area contributed by atoms with E-state index in [1.807, 2.05) is 31.2 Å². The fourth-order valence-electron chi connectivity index (χ4n) is 3.37. The Morgan fingerprint density at radius 1 is 0.962 bits per heavy atom. The Bertz CT molecular complexity index is 846. The van der Waals surface area contributed by atoms with Crippen LogP contribution in [0.4, 0.5) is 4.39 Å². The zero-order valence-corrected chi connectivity index (χ0v) is 15.9. The van der Waals surface area contributed by atoms with Gasteiger partial charge in [0.2, 0.25) is 10.0 Å². The van der Waals surface area contributed by atoms with Crippen molar-refractivity contribution in [2.75, 3.05) is 32.7 Å². The third-order valence-corrected chi connectivity index (χ3v) is 6.98. The van der Waals surface area contributed by atoms with Crippen molar-refractivity contribution in [3.05, 3.63) is 65.5 Å². The molecule has 1 heterocycles. The van der Waals surface area contributed by atoms with Crippen LogP contribution in [0.5, 0.6) is 0 Å². The molecule has 0 spiro atoms. The first-order valence-corrected chi connectivity index (χ1v) is 10.4. The van der Waals surface area contributed by atoms with Crippen molar-refractivity contribution in [3.8, 4) is 0 Å². The second kappa shape index (κ2) is 8.29. The Kier molecular flexibility index (Phi) is 6.06. The summed E-state index contributed by atoms with van der Waals surface area (Å²) in [7, 11) is -3.43. The van der Waals surface area contributed by atoms with Gasteiger partial charge in [-0.3, -0.25) is 0 Å². The second-order valence-electron chi connectivity index (χ2n) is 6.71. The summed E-state index contributed by atoms with van der Waals surface area (Å²) in [5.41, 5.74) is 1.52. The third-order valence-electron chi connectivity index (χ3n) is 4.92. The molecule has 0 atom stereocenters. The number of hydrogen-bond donors (Lipinski definition) is 0. The molecule has 0 aromatic heterocycles. The van der Waals surface area contributed by atoms with E-state index in [0.717, 1.165) is 24.1 Å². The molecule has 1 fully saturated rings. The predicted octanol–water partition coefficient (Wildman–Crippen LogP) is 3.07. The van der Waals surface area contributed by atoms with Crippen molar-refractivity contribution in [1.82, 2.24) is 9.21 Å². The average Bonchev–Trinajstić information content (AvgIpc) is 2.64. The van der Waals surface area contributed by atoms with Gasteiger partial charge in [-0.1, -0.05) is 36.4 Å². The molecule has 0 aliphatic carbocycles. The quantitative estimate of drug-likeness (QED) is 0.778. The summed E-state index contributed by atoms with van der Waals surface area (Å²) in [5.74, 6) is -0.151. The summed E-state index contributed by atoms with van der Waals surface area (Å²) in [6.45, 7) is 5.09. The van der Waals surface area contributed by atoms with Gasteiger partial charge in [-0.15, -0.1) is 0 Å². The number of halogens is 1. The van der Waals surface area contributed by atoms with Gasteiger partial charge < -0.3 is 4.90 Å². The van der Waals surface area contributed by atoms with E-state index < -0.39 is 10.0 Å². The molecule has 2 aromatic carbocycles. The monoisotopic (exact) mass is 376 g/mol. The SMILES string of the molecule is Cc1ccccc1S(=O)(=O)N1CCN(CCCc2ccccc2F)CC1. The number of rotatable bonds is 6. The van der Waals surface area contributed by atoms with Crippen molar-refractivity contribution in [1.29, 1.82) is 0 Å². The average molecular weight is 376 g/mol. The van der Waals surface area contributed by atoms with Crippen molar-refractivity contribution in [2.45, 2.75) is 24.7 Å². The number of benzene rings is 2. The molecule has 0 amide bonds. The number of hydrogen-bond acceptors (Lipinski definition) is 3. The fraction of sp³-hybridized carbons (Fsp3) is 0.400. The van der Waals surface area contributed by atoms with Crippen molar-refractivity contribution < 1.29 is 12.8 Å². The van der Waals surface area contributed by atoms with Crippen LogP contribution < -0.4 is 0 Å². The minimum atomic E-state index is -3.43. The molecule has 0 bridgehead atoms. The number of nitrogens with zero attached hydrogens (tertiary/aromatic N) is 2. The highest BCUT2D eigenvalue weighted by atomic mass is 32.2. The van der Waals surface area contributed by atoms with E-state index in [1.54, 1.807) is 22.5 Å². The summed E-state index contributed by atoms with van der Waals surface area (Å²) in [4.78, 5) is 2.65. The van der Waals surface area contributed by atoms with E-state index in [0.29, 0.717) is 37.5 Å². The normalized spacial score (nSPS) is 16.7. The molecule has 1 aliphatic heterocycles. The highest BCUT2D eigenvalue weighted by molar-refractivity contribution is 7.89. The van der Waals surface area contributed by atoms with Gasteiger partial charge in [-0.25, -0.2) is 12.8 Å². The van der Waals surface area contributed by atoms with E-state index in [-0.39, 0.29) is 5.82 Å². The molecule has 0 radical (unpaired) electrons. The second-order valence-corrected chi connectivity index (χ2v) is 8.61. The van der Waals surface area contributed by atoms with Crippen LogP contribution in [0.15, 0.2) is 53.4 Å². The van der Waals surface area contributed by atoms with Gasteiger partial charge in [-0.2, -0.15) is 4.31 Å². The Morgan fingerprint density at radius 3 is 2.31 bits per heavy atom. The number of aryl methyl sites for hydroxylation is 2. The molecule has 6 heteroatoms. The Balaban J connectivity index is 1.51. The molecule has 1 aliphatic rings. The largest absolute Gasteiger partial charge is 0.301 e. The van der Waals surface area contributed by atoms with Gasteiger partial charge in [0.15, 0.2) is 0 Å². The highest BCUT2D eigenvalue weighted by Crippen LogP contribution is 2.21. The lowest BCUT2D eigenvalue weighted by Gasteiger charge is -2.34. The lowest BCUT2D eigenvalue weighted by atomic mass is 10.1. The zero-order chi connectivity index (χ0) is 18.6. The lowest BCUT2D eigenvalue weighted by molar-refractivity contribution is 0.186. The van der Waals surface area contributed by atoms with E-state index in [9.17, 15) is 12.8 Å². The van der Waals surface area contributed by atoms with Crippen molar-refractivity contribution in [2.24, 2.45) is 0 Å². The van der Waals surface area contributed by atoms with Crippen LogP contribution in [0.3, 0.4) is 0 Å². The molecule has 0 saturated carbocycles.